The van der Waals surface area contributed by atoms with E-state index in [1.165, 1.54) is 18.2 Å². The zero-order valence-corrected chi connectivity index (χ0v) is 14.2. The van der Waals surface area contributed by atoms with Gasteiger partial charge in [0.25, 0.3) is 0 Å². The minimum atomic E-state index is -3.70. The summed E-state index contributed by atoms with van der Waals surface area (Å²) in [6.07, 6.45) is 0. The van der Waals surface area contributed by atoms with E-state index in [9.17, 15) is 23.0 Å². The SMILES string of the molecule is O=c1[nH]c2ccc(S(=O)(=O)Cc3ccc4c(c3)B(O)OC4)cc2[nH]c1=O. The smallest absolute Gasteiger partial charge is 0.423 e. The number of sulfone groups is 1. The third-order valence-electron chi connectivity index (χ3n) is 4.28. The van der Waals surface area contributed by atoms with Crippen LogP contribution in [-0.2, 0) is 26.9 Å². The predicted molar refractivity (Wildman–Crippen MR) is 94.9 cm³/mol. The van der Waals surface area contributed by atoms with Crippen LogP contribution in [0.1, 0.15) is 11.1 Å². The van der Waals surface area contributed by atoms with Crippen molar-refractivity contribution in [3.8, 4) is 0 Å². The first kappa shape index (κ1) is 16.8. The van der Waals surface area contributed by atoms with Crippen LogP contribution in [0.2, 0.25) is 0 Å². The summed E-state index contributed by atoms with van der Waals surface area (Å²) in [5.41, 5.74) is 0.832. The maximum absolute atomic E-state index is 12.7. The van der Waals surface area contributed by atoms with Crippen molar-refractivity contribution in [1.82, 2.24) is 9.97 Å². The van der Waals surface area contributed by atoms with Crippen LogP contribution in [0.25, 0.3) is 11.0 Å². The van der Waals surface area contributed by atoms with Crippen LogP contribution in [-0.4, -0.2) is 30.5 Å². The minimum Gasteiger partial charge on any atom is -0.423 e. The summed E-state index contributed by atoms with van der Waals surface area (Å²) >= 11 is 0. The zero-order chi connectivity index (χ0) is 18.5. The molecule has 0 spiro atoms. The van der Waals surface area contributed by atoms with Crippen molar-refractivity contribution >= 4 is 33.5 Å². The molecular weight excluding hydrogens is 359 g/mol. The summed E-state index contributed by atoms with van der Waals surface area (Å²) in [5.74, 6) is -0.272. The number of rotatable bonds is 3. The molecule has 0 unspecified atom stereocenters. The van der Waals surface area contributed by atoms with Crippen molar-refractivity contribution in [3.05, 3.63) is 68.2 Å². The van der Waals surface area contributed by atoms with Crippen LogP contribution in [0.3, 0.4) is 0 Å². The average Bonchev–Trinajstić information content (AvgIpc) is 2.96. The van der Waals surface area contributed by atoms with Crippen LogP contribution >= 0.6 is 0 Å². The second kappa shape index (κ2) is 5.94. The highest BCUT2D eigenvalue weighted by Gasteiger charge is 2.28. The first-order chi connectivity index (χ1) is 12.3. The summed E-state index contributed by atoms with van der Waals surface area (Å²) in [5, 5.41) is 9.75. The molecule has 0 saturated carbocycles. The van der Waals surface area contributed by atoms with Gasteiger partial charge in [-0.2, -0.15) is 0 Å². The summed E-state index contributed by atoms with van der Waals surface area (Å²) in [7, 11) is -4.75. The lowest BCUT2D eigenvalue weighted by atomic mass is 9.79. The molecule has 3 N–H and O–H groups in total. The standard InChI is InChI=1S/C16H13BN2O6S/c20-15-16(21)19-14-6-11(3-4-13(14)18-15)26(23,24)8-9-1-2-10-7-25-17(22)12(10)5-9/h1-6,22H,7-8H2,(H,18,20)(H,19,21). The molecule has 0 fully saturated rings. The Bertz CT molecular complexity index is 1250. The van der Waals surface area contributed by atoms with E-state index in [-0.39, 0.29) is 16.2 Å². The topological polar surface area (TPSA) is 129 Å². The molecule has 8 nitrogen and oxygen atoms in total. The van der Waals surface area contributed by atoms with Crippen molar-refractivity contribution in [1.29, 1.82) is 0 Å². The van der Waals surface area contributed by atoms with Gasteiger partial charge in [-0.1, -0.05) is 18.2 Å². The number of hydrogen-bond acceptors (Lipinski definition) is 6. The number of hydrogen-bond donors (Lipinski definition) is 3. The molecular formula is C16H13BN2O6S. The number of H-pyrrole nitrogens is 2. The molecule has 0 amide bonds. The number of nitrogens with one attached hydrogen (secondary N) is 2. The van der Waals surface area contributed by atoms with Gasteiger partial charge in [-0.05, 0) is 34.8 Å². The van der Waals surface area contributed by atoms with Gasteiger partial charge in [0.1, 0.15) is 0 Å². The largest absolute Gasteiger partial charge is 0.491 e. The Morgan fingerprint density at radius 3 is 2.54 bits per heavy atom. The summed E-state index contributed by atoms with van der Waals surface area (Å²) < 4.78 is 30.5. The summed E-state index contributed by atoms with van der Waals surface area (Å²) in [4.78, 5) is 27.5. The highest BCUT2D eigenvalue weighted by molar-refractivity contribution is 7.90. The number of fused-ring (bicyclic) bond motifs is 2. The molecule has 0 bridgehead atoms. The van der Waals surface area contributed by atoms with E-state index in [1.807, 2.05) is 0 Å². The van der Waals surface area contributed by atoms with Gasteiger partial charge in [0.15, 0.2) is 9.84 Å². The van der Waals surface area contributed by atoms with Gasteiger partial charge in [0, 0.05) is 0 Å². The lowest BCUT2D eigenvalue weighted by molar-refractivity contribution is 0.275. The van der Waals surface area contributed by atoms with Crippen molar-refractivity contribution in [2.45, 2.75) is 17.3 Å². The maximum Gasteiger partial charge on any atom is 0.491 e. The van der Waals surface area contributed by atoms with Crippen LogP contribution in [0, 0.1) is 0 Å². The lowest BCUT2D eigenvalue weighted by Crippen LogP contribution is -2.29. The molecule has 0 radical (unpaired) electrons. The van der Waals surface area contributed by atoms with E-state index in [4.69, 9.17) is 4.65 Å². The fraction of sp³-hybridized carbons (Fsp3) is 0.125. The van der Waals surface area contributed by atoms with Crippen LogP contribution in [0.4, 0.5) is 0 Å². The third-order valence-corrected chi connectivity index (χ3v) is 5.97. The Morgan fingerprint density at radius 2 is 1.77 bits per heavy atom. The van der Waals surface area contributed by atoms with Gasteiger partial charge in [-0.3, -0.25) is 9.59 Å². The fourth-order valence-corrected chi connectivity index (χ4v) is 4.30. The van der Waals surface area contributed by atoms with Crippen molar-refractivity contribution in [3.63, 3.8) is 0 Å². The average molecular weight is 372 g/mol. The highest BCUT2D eigenvalue weighted by atomic mass is 32.2. The third kappa shape index (κ3) is 2.87. The van der Waals surface area contributed by atoms with E-state index < -0.39 is 28.1 Å². The summed E-state index contributed by atoms with van der Waals surface area (Å²) in [6, 6.07) is 9.15. The normalized spacial score (nSPS) is 14.0. The van der Waals surface area contributed by atoms with E-state index in [2.05, 4.69) is 9.97 Å². The van der Waals surface area contributed by atoms with Crippen molar-refractivity contribution in [2.24, 2.45) is 0 Å². The van der Waals surface area contributed by atoms with Gasteiger partial charge < -0.3 is 19.6 Å². The van der Waals surface area contributed by atoms with E-state index in [1.54, 1.807) is 18.2 Å². The van der Waals surface area contributed by atoms with E-state index in [0.29, 0.717) is 23.1 Å². The number of aromatic amines is 2. The highest BCUT2D eigenvalue weighted by Crippen LogP contribution is 2.20. The van der Waals surface area contributed by atoms with Gasteiger partial charge in [-0.15, -0.1) is 0 Å². The second-order valence-electron chi connectivity index (χ2n) is 6.07. The Hall–Kier alpha value is -2.69. The van der Waals surface area contributed by atoms with Crippen LogP contribution < -0.4 is 16.6 Å². The monoisotopic (exact) mass is 372 g/mol. The van der Waals surface area contributed by atoms with E-state index >= 15 is 0 Å². The Kier molecular flexibility index (Phi) is 3.83. The van der Waals surface area contributed by atoms with Crippen LogP contribution in [0.15, 0.2) is 50.9 Å². The molecule has 1 aromatic heterocycles. The maximum atomic E-state index is 12.7. The molecule has 2 aromatic carbocycles. The van der Waals surface area contributed by atoms with Gasteiger partial charge in [0.2, 0.25) is 0 Å². The molecule has 3 aromatic rings. The first-order valence-electron chi connectivity index (χ1n) is 7.74. The molecule has 2 heterocycles. The van der Waals surface area contributed by atoms with Crippen molar-refractivity contribution in [2.75, 3.05) is 0 Å². The fourth-order valence-electron chi connectivity index (χ4n) is 2.94. The Balaban J connectivity index is 1.72. The predicted octanol–water partition coefficient (Wildman–Crippen LogP) is -0.592. The lowest BCUT2D eigenvalue weighted by Gasteiger charge is -2.08. The molecule has 0 atom stereocenters. The molecule has 0 saturated heterocycles. The van der Waals surface area contributed by atoms with Gasteiger partial charge >= 0.3 is 18.2 Å². The van der Waals surface area contributed by atoms with Crippen molar-refractivity contribution < 1.29 is 18.1 Å². The Morgan fingerprint density at radius 1 is 1.04 bits per heavy atom. The zero-order valence-electron chi connectivity index (χ0n) is 13.4. The van der Waals surface area contributed by atoms with E-state index in [0.717, 1.165) is 5.56 Å². The molecule has 26 heavy (non-hydrogen) atoms. The Labute approximate surface area is 147 Å². The summed E-state index contributed by atoms with van der Waals surface area (Å²) in [6.45, 7) is 0.291. The molecule has 132 valence electrons. The van der Waals surface area contributed by atoms with Gasteiger partial charge in [0.05, 0.1) is 28.3 Å². The first-order valence-corrected chi connectivity index (χ1v) is 9.39. The quantitative estimate of drug-likeness (QED) is 0.416. The number of aromatic nitrogens is 2. The molecule has 1 aliphatic rings. The minimum absolute atomic E-state index is 0.0185. The molecule has 10 heteroatoms. The van der Waals surface area contributed by atoms with Gasteiger partial charge in [-0.25, -0.2) is 8.42 Å². The second-order valence-corrected chi connectivity index (χ2v) is 8.06. The van der Waals surface area contributed by atoms with Crippen LogP contribution in [0.5, 0.6) is 0 Å². The molecule has 1 aliphatic heterocycles. The molecule has 4 rings (SSSR count). The molecule has 0 aliphatic carbocycles. The number of benzene rings is 2.